The molecule has 0 spiro atoms. The van der Waals surface area contributed by atoms with E-state index in [4.69, 9.17) is 9.47 Å². The monoisotopic (exact) mass is 352 g/mol. The van der Waals surface area contributed by atoms with Crippen LogP contribution in [0, 0.1) is 10.1 Å². The fraction of sp³-hybridized carbons (Fsp3) is 0.588. The van der Waals surface area contributed by atoms with Crippen molar-refractivity contribution in [1.29, 1.82) is 0 Å². The number of methoxy groups -OCH3 is 1. The van der Waals surface area contributed by atoms with Crippen molar-refractivity contribution in [1.82, 2.24) is 4.90 Å². The molecule has 1 amide bonds. The predicted molar refractivity (Wildman–Crippen MR) is 90.4 cm³/mol. The normalized spacial score (nSPS) is 16.3. The molecule has 1 fully saturated rings. The second-order valence-electron chi connectivity index (χ2n) is 7.12. The van der Waals surface area contributed by atoms with Crippen LogP contribution in [0.25, 0.3) is 0 Å². The molecule has 0 radical (unpaired) electrons. The van der Waals surface area contributed by atoms with E-state index >= 15 is 0 Å². The first-order valence-electron chi connectivity index (χ1n) is 8.06. The molecular weight excluding hydrogens is 328 g/mol. The molecule has 2 rings (SSSR count). The molecule has 0 saturated carbocycles. The largest absolute Gasteiger partial charge is 0.444 e. The maximum Gasteiger partial charge on any atom is 0.410 e. The summed E-state index contributed by atoms with van der Waals surface area (Å²) in [4.78, 5) is 24.2. The third-order valence-corrected chi connectivity index (χ3v) is 3.97. The summed E-state index contributed by atoms with van der Waals surface area (Å²) in [6.45, 7) is 6.43. The van der Waals surface area contributed by atoms with Crippen LogP contribution in [0.1, 0.15) is 37.8 Å². The molecule has 1 aromatic carbocycles. The van der Waals surface area contributed by atoms with Crippen molar-refractivity contribution in [2.75, 3.05) is 20.2 Å². The van der Waals surface area contributed by atoms with Gasteiger partial charge in [-0.1, -0.05) is 6.07 Å². The van der Waals surface area contributed by atoms with Crippen LogP contribution in [-0.4, -0.2) is 53.1 Å². The van der Waals surface area contributed by atoms with Crippen LogP contribution in [0.4, 0.5) is 10.5 Å². The number of carbonyl (C=O) groups is 1. The Morgan fingerprint density at radius 1 is 1.44 bits per heavy atom. The van der Waals surface area contributed by atoms with E-state index in [0.29, 0.717) is 18.7 Å². The van der Waals surface area contributed by atoms with Crippen molar-refractivity contribution >= 4 is 11.8 Å². The Hall–Kier alpha value is -2.19. The van der Waals surface area contributed by atoms with Gasteiger partial charge in [0.2, 0.25) is 0 Å². The molecule has 0 aliphatic carbocycles. The van der Waals surface area contributed by atoms with Crippen molar-refractivity contribution in [3.05, 3.63) is 39.4 Å². The van der Waals surface area contributed by atoms with Crippen molar-refractivity contribution in [3.8, 4) is 0 Å². The molecule has 1 aromatic rings. The van der Waals surface area contributed by atoms with E-state index in [-0.39, 0.29) is 24.1 Å². The molecule has 1 unspecified atom stereocenters. The number of ether oxygens (including phenoxy) is 2. The van der Waals surface area contributed by atoms with Gasteiger partial charge in [0, 0.05) is 44.2 Å². The van der Waals surface area contributed by atoms with Crippen LogP contribution in [0.3, 0.4) is 0 Å². The van der Waals surface area contributed by atoms with Gasteiger partial charge in [-0.3, -0.25) is 10.1 Å². The third kappa shape index (κ3) is 4.90. The summed E-state index contributed by atoms with van der Waals surface area (Å²) in [7, 11) is 1.34. The van der Waals surface area contributed by atoms with Crippen LogP contribution in [-0.2, 0) is 15.9 Å². The highest BCUT2D eigenvalue weighted by Crippen LogP contribution is 2.32. The zero-order chi connectivity index (χ0) is 18.8. The smallest absolute Gasteiger partial charge is 0.410 e. The zero-order valence-corrected chi connectivity index (χ0v) is 14.9. The average molecular weight is 352 g/mol. The number of hydrogen-bond acceptors (Lipinski definition) is 6. The van der Waals surface area contributed by atoms with Gasteiger partial charge in [-0.05, 0) is 32.4 Å². The number of nitro groups is 1. The van der Waals surface area contributed by atoms with Crippen LogP contribution in [0.5, 0.6) is 0 Å². The minimum atomic E-state index is -1.10. The molecule has 1 heterocycles. The number of nitrogens with zero attached hydrogens (tertiary/aromatic N) is 2. The minimum absolute atomic E-state index is 0.0309. The Balaban J connectivity index is 2.07. The van der Waals surface area contributed by atoms with Gasteiger partial charge in [0.1, 0.15) is 5.60 Å². The predicted octanol–water partition coefficient (Wildman–Crippen LogP) is 2.44. The molecule has 1 atom stereocenters. The van der Waals surface area contributed by atoms with Gasteiger partial charge < -0.3 is 19.5 Å². The van der Waals surface area contributed by atoms with Crippen LogP contribution < -0.4 is 0 Å². The fourth-order valence-electron chi connectivity index (χ4n) is 2.64. The molecule has 1 saturated heterocycles. The lowest BCUT2D eigenvalue weighted by Gasteiger charge is -2.40. The number of nitro benzene ring substituents is 1. The fourth-order valence-corrected chi connectivity index (χ4v) is 2.64. The Labute approximate surface area is 146 Å². The lowest BCUT2D eigenvalue weighted by molar-refractivity contribution is -0.385. The number of hydrogen-bond donors (Lipinski definition) is 1. The summed E-state index contributed by atoms with van der Waals surface area (Å²) in [6, 6.07) is 4.83. The van der Waals surface area contributed by atoms with Gasteiger partial charge in [-0.25, -0.2) is 4.79 Å². The summed E-state index contributed by atoms with van der Waals surface area (Å²) in [5.41, 5.74) is 0.707. The summed E-state index contributed by atoms with van der Waals surface area (Å²) in [5, 5.41) is 20.8. The molecular formula is C17H24N2O6. The number of carbonyl (C=O) groups excluding carboxylic acids is 1. The number of benzene rings is 1. The van der Waals surface area contributed by atoms with Crippen molar-refractivity contribution < 1.29 is 24.3 Å². The van der Waals surface area contributed by atoms with Crippen molar-refractivity contribution in [2.45, 2.75) is 45.0 Å². The maximum atomic E-state index is 12.0. The highest BCUT2D eigenvalue weighted by molar-refractivity contribution is 5.69. The number of aliphatic hydroxyl groups is 1. The van der Waals surface area contributed by atoms with E-state index < -0.39 is 16.8 Å². The van der Waals surface area contributed by atoms with Gasteiger partial charge in [-0.15, -0.1) is 0 Å². The van der Waals surface area contributed by atoms with E-state index in [1.807, 2.05) is 20.8 Å². The zero-order valence-electron chi connectivity index (χ0n) is 14.9. The molecule has 1 N–H and O–H groups in total. The lowest BCUT2D eigenvalue weighted by atomic mass is 9.90. The van der Waals surface area contributed by atoms with E-state index in [9.17, 15) is 20.0 Å². The first-order chi connectivity index (χ1) is 11.6. The maximum absolute atomic E-state index is 12.0. The molecule has 0 aromatic heterocycles. The molecule has 1 aliphatic rings. The standard InChI is InChI=1S/C17H24N2O6/c1-17(2,3)25-16(21)18-9-13(10-18)11-5-6-14(19(22)23)12(7-11)8-15(20)24-4/h5-7,13,15,20H,8-10H2,1-4H3. The van der Waals surface area contributed by atoms with Gasteiger partial charge in [0.25, 0.3) is 5.69 Å². The van der Waals surface area contributed by atoms with Crippen LogP contribution >= 0.6 is 0 Å². The van der Waals surface area contributed by atoms with Gasteiger partial charge in [0.15, 0.2) is 6.29 Å². The second-order valence-corrected chi connectivity index (χ2v) is 7.12. The van der Waals surface area contributed by atoms with E-state index in [1.165, 1.54) is 13.2 Å². The van der Waals surface area contributed by atoms with Gasteiger partial charge in [-0.2, -0.15) is 0 Å². The van der Waals surface area contributed by atoms with Crippen LogP contribution in [0.2, 0.25) is 0 Å². The second kappa shape index (κ2) is 7.37. The first-order valence-corrected chi connectivity index (χ1v) is 8.06. The molecule has 8 heteroatoms. The number of amides is 1. The Kier molecular flexibility index (Phi) is 5.64. The minimum Gasteiger partial charge on any atom is -0.444 e. The van der Waals surface area contributed by atoms with E-state index in [2.05, 4.69) is 0 Å². The summed E-state index contributed by atoms with van der Waals surface area (Å²) in [5.74, 6) is 0.0896. The van der Waals surface area contributed by atoms with Gasteiger partial charge in [0.05, 0.1) is 4.92 Å². The molecule has 25 heavy (non-hydrogen) atoms. The summed E-state index contributed by atoms with van der Waals surface area (Å²) in [6.07, 6.45) is -1.43. The quantitative estimate of drug-likeness (QED) is 0.496. The highest BCUT2D eigenvalue weighted by atomic mass is 16.6. The number of aliphatic hydroxyl groups excluding tert-OH is 1. The average Bonchev–Trinajstić information content (AvgIpc) is 2.43. The lowest BCUT2D eigenvalue weighted by Crippen LogP contribution is -2.50. The molecule has 138 valence electrons. The third-order valence-electron chi connectivity index (χ3n) is 3.97. The van der Waals surface area contributed by atoms with Crippen LogP contribution in [0.15, 0.2) is 18.2 Å². The van der Waals surface area contributed by atoms with E-state index in [0.717, 1.165) is 5.56 Å². The van der Waals surface area contributed by atoms with Gasteiger partial charge >= 0.3 is 6.09 Å². The molecule has 0 bridgehead atoms. The Morgan fingerprint density at radius 2 is 2.08 bits per heavy atom. The highest BCUT2D eigenvalue weighted by Gasteiger charge is 2.35. The number of likely N-dealkylation sites (tertiary alicyclic amines) is 1. The summed E-state index contributed by atoms with van der Waals surface area (Å²) >= 11 is 0. The Bertz CT molecular complexity index is 649. The SMILES string of the molecule is COC(O)Cc1cc(C2CN(C(=O)OC(C)(C)C)C2)ccc1[N+](=O)[O-]. The first kappa shape index (κ1) is 19.1. The number of rotatable bonds is 5. The van der Waals surface area contributed by atoms with Crippen molar-refractivity contribution in [3.63, 3.8) is 0 Å². The Morgan fingerprint density at radius 3 is 2.60 bits per heavy atom. The van der Waals surface area contributed by atoms with Crippen molar-refractivity contribution in [2.24, 2.45) is 0 Å². The summed E-state index contributed by atoms with van der Waals surface area (Å²) < 4.78 is 10.1. The molecule has 8 nitrogen and oxygen atoms in total. The topological polar surface area (TPSA) is 102 Å². The van der Waals surface area contributed by atoms with E-state index in [1.54, 1.807) is 17.0 Å². The molecule has 1 aliphatic heterocycles.